The molecule has 116 valence electrons. The highest BCUT2D eigenvalue weighted by Crippen LogP contribution is 2.38. The lowest BCUT2D eigenvalue weighted by molar-refractivity contribution is -0.119. The Hall–Kier alpha value is -2.66. The molecule has 0 radical (unpaired) electrons. The first-order valence-electron chi connectivity index (χ1n) is 7.63. The second-order valence-electron chi connectivity index (χ2n) is 5.78. The zero-order valence-electron chi connectivity index (χ0n) is 12.8. The van der Waals surface area contributed by atoms with Gasteiger partial charge in [0.1, 0.15) is 12.4 Å². The fraction of sp³-hybridized carbons (Fsp3) is 0.222. The van der Waals surface area contributed by atoms with Gasteiger partial charge in [-0.2, -0.15) is 0 Å². The summed E-state index contributed by atoms with van der Waals surface area (Å²) in [5, 5.41) is 0. The predicted molar refractivity (Wildman–Crippen MR) is 89.1 cm³/mol. The molecule has 2 aliphatic heterocycles. The van der Waals surface area contributed by atoms with E-state index in [-0.39, 0.29) is 5.91 Å². The van der Waals surface area contributed by atoms with E-state index < -0.39 is 6.17 Å². The second-order valence-corrected chi connectivity index (χ2v) is 5.78. The smallest absolute Gasteiger partial charge is 0.266 e. The van der Waals surface area contributed by atoms with Gasteiger partial charge < -0.3 is 15.4 Å². The van der Waals surface area contributed by atoms with Crippen molar-refractivity contribution in [2.75, 3.05) is 18.1 Å². The van der Waals surface area contributed by atoms with Crippen LogP contribution < -0.4 is 15.4 Å². The molecule has 0 aliphatic carbocycles. The van der Waals surface area contributed by atoms with Gasteiger partial charge in [0.05, 0.1) is 17.9 Å². The van der Waals surface area contributed by atoms with E-state index in [1.165, 1.54) is 0 Å². The van der Waals surface area contributed by atoms with Crippen LogP contribution in [0, 0.1) is 6.92 Å². The maximum Gasteiger partial charge on any atom is 0.266 e. The number of nitrogens with two attached hydrogens (primary N) is 1. The van der Waals surface area contributed by atoms with Crippen molar-refractivity contribution in [3.63, 3.8) is 0 Å². The Balaban J connectivity index is 1.99. The van der Waals surface area contributed by atoms with E-state index in [1.54, 1.807) is 4.90 Å². The van der Waals surface area contributed by atoms with Crippen molar-refractivity contribution < 1.29 is 9.53 Å². The lowest BCUT2D eigenvalue weighted by atomic mass is 9.98. The quantitative estimate of drug-likeness (QED) is 0.874. The van der Waals surface area contributed by atoms with Crippen LogP contribution >= 0.6 is 0 Å². The molecule has 5 nitrogen and oxygen atoms in total. The van der Waals surface area contributed by atoms with Gasteiger partial charge in [0.25, 0.3) is 5.91 Å². The summed E-state index contributed by atoms with van der Waals surface area (Å²) in [7, 11) is 0. The van der Waals surface area contributed by atoms with Crippen LogP contribution in [0.5, 0.6) is 5.75 Å². The average Bonchev–Trinajstić information content (AvgIpc) is 2.67. The number of para-hydroxylation sites is 1. The third kappa shape index (κ3) is 2.21. The van der Waals surface area contributed by atoms with Gasteiger partial charge in [-0.3, -0.25) is 9.79 Å². The van der Waals surface area contributed by atoms with Crippen molar-refractivity contribution in [1.29, 1.82) is 0 Å². The molecule has 0 bridgehead atoms. The molecule has 0 saturated heterocycles. The van der Waals surface area contributed by atoms with Crippen molar-refractivity contribution in [3.05, 3.63) is 59.2 Å². The zero-order chi connectivity index (χ0) is 16.0. The molecule has 23 heavy (non-hydrogen) atoms. The summed E-state index contributed by atoms with van der Waals surface area (Å²) < 4.78 is 5.73. The number of hydrogen-bond donors (Lipinski definition) is 1. The Morgan fingerprint density at radius 1 is 1.26 bits per heavy atom. The van der Waals surface area contributed by atoms with Gasteiger partial charge in [0, 0.05) is 11.1 Å². The van der Waals surface area contributed by atoms with Gasteiger partial charge in [-0.1, -0.05) is 35.9 Å². The van der Waals surface area contributed by atoms with E-state index in [0.717, 1.165) is 28.1 Å². The number of benzene rings is 2. The molecule has 1 unspecified atom stereocenters. The van der Waals surface area contributed by atoms with Crippen LogP contribution in [0.15, 0.2) is 47.5 Å². The van der Waals surface area contributed by atoms with Crippen molar-refractivity contribution >= 4 is 17.3 Å². The highest BCUT2D eigenvalue weighted by Gasteiger charge is 2.34. The molecule has 2 aromatic rings. The number of anilines is 1. The number of carbonyl (C=O) groups is 1. The van der Waals surface area contributed by atoms with Gasteiger partial charge in [-0.15, -0.1) is 0 Å². The minimum absolute atomic E-state index is 0.190. The van der Waals surface area contributed by atoms with Crippen molar-refractivity contribution in [2.45, 2.75) is 13.1 Å². The number of rotatable bonds is 1. The maximum atomic E-state index is 12.6. The van der Waals surface area contributed by atoms with Crippen molar-refractivity contribution in [2.24, 2.45) is 10.7 Å². The largest absolute Gasteiger partial charge is 0.490 e. The second kappa shape index (κ2) is 5.21. The van der Waals surface area contributed by atoms with Crippen LogP contribution in [-0.2, 0) is 4.79 Å². The monoisotopic (exact) mass is 307 g/mol. The summed E-state index contributed by atoms with van der Waals surface area (Å²) in [6.07, 6.45) is -0.899. The van der Waals surface area contributed by atoms with E-state index in [4.69, 9.17) is 10.5 Å². The Bertz CT molecular complexity index is 829. The molecule has 4 rings (SSSR count). The number of hydrogen-bond acceptors (Lipinski definition) is 4. The summed E-state index contributed by atoms with van der Waals surface area (Å²) in [6, 6.07) is 13.8. The summed E-state index contributed by atoms with van der Waals surface area (Å²) in [6.45, 7) is 2.99. The van der Waals surface area contributed by atoms with E-state index in [0.29, 0.717) is 18.9 Å². The first-order valence-corrected chi connectivity index (χ1v) is 7.63. The predicted octanol–water partition coefficient (Wildman–Crippen LogP) is 1.86. The molecule has 0 saturated carbocycles. The first kappa shape index (κ1) is 14.0. The summed E-state index contributed by atoms with van der Waals surface area (Å²) in [4.78, 5) is 18.8. The van der Waals surface area contributed by atoms with Crippen LogP contribution in [0.3, 0.4) is 0 Å². The highest BCUT2D eigenvalue weighted by atomic mass is 16.5. The molecule has 1 atom stereocenters. The molecule has 0 fully saturated rings. The molecule has 0 spiro atoms. The average molecular weight is 307 g/mol. The van der Waals surface area contributed by atoms with Crippen LogP contribution in [0.4, 0.5) is 5.69 Å². The van der Waals surface area contributed by atoms with E-state index >= 15 is 0 Å². The van der Waals surface area contributed by atoms with E-state index in [9.17, 15) is 4.79 Å². The molecular weight excluding hydrogens is 290 g/mol. The molecule has 2 aromatic carbocycles. The Morgan fingerprint density at radius 3 is 2.91 bits per heavy atom. The Morgan fingerprint density at radius 2 is 2.09 bits per heavy atom. The first-order chi connectivity index (χ1) is 11.1. The molecule has 5 heteroatoms. The Labute approximate surface area is 134 Å². The maximum absolute atomic E-state index is 12.6. The number of carbonyl (C=O) groups excluding carboxylic acids is 1. The van der Waals surface area contributed by atoms with Crippen LogP contribution in [-0.4, -0.2) is 30.9 Å². The third-order valence-electron chi connectivity index (χ3n) is 4.18. The topological polar surface area (TPSA) is 67.9 Å². The fourth-order valence-electron chi connectivity index (χ4n) is 3.13. The molecule has 2 heterocycles. The van der Waals surface area contributed by atoms with Gasteiger partial charge >= 0.3 is 0 Å². The van der Waals surface area contributed by atoms with Gasteiger partial charge in [-0.25, -0.2) is 0 Å². The van der Waals surface area contributed by atoms with E-state index in [1.807, 2.05) is 43.3 Å². The molecule has 2 aliphatic rings. The molecule has 2 N–H and O–H groups in total. The summed E-state index contributed by atoms with van der Waals surface area (Å²) >= 11 is 0. The minimum Gasteiger partial charge on any atom is -0.490 e. The summed E-state index contributed by atoms with van der Waals surface area (Å²) in [5.74, 6) is 0.515. The Kier molecular flexibility index (Phi) is 3.16. The zero-order valence-corrected chi connectivity index (χ0v) is 12.8. The lowest BCUT2D eigenvalue weighted by Gasteiger charge is -2.30. The van der Waals surface area contributed by atoms with E-state index in [2.05, 4.69) is 11.1 Å². The number of aryl methyl sites for hydroxylation is 1. The van der Waals surface area contributed by atoms with Gasteiger partial charge in [-0.05, 0) is 19.1 Å². The van der Waals surface area contributed by atoms with Crippen LogP contribution in [0.25, 0.3) is 0 Å². The van der Waals surface area contributed by atoms with Crippen LogP contribution in [0.2, 0.25) is 0 Å². The number of amides is 1. The fourth-order valence-corrected chi connectivity index (χ4v) is 3.13. The number of aliphatic imine (C=N–C) groups is 1. The highest BCUT2D eigenvalue weighted by molar-refractivity contribution is 6.21. The molecule has 0 aromatic heterocycles. The SMILES string of the molecule is Cc1cccc(C2=NC(N)C(=O)N3CCOc4cccc2c43)c1. The molecular formula is C18H17N3O2. The minimum atomic E-state index is -0.899. The molecule has 1 amide bonds. The van der Waals surface area contributed by atoms with Crippen molar-refractivity contribution in [1.82, 2.24) is 0 Å². The normalized spacial score (nSPS) is 19.6. The van der Waals surface area contributed by atoms with Gasteiger partial charge in [0.2, 0.25) is 0 Å². The third-order valence-corrected chi connectivity index (χ3v) is 4.18. The lowest BCUT2D eigenvalue weighted by Crippen LogP contribution is -2.45. The van der Waals surface area contributed by atoms with Crippen LogP contribution in [0.1, 0.15) is 16.7 Å². The summed E-state index contributed by atoms with van der Waals surface area (Å²) in [5.41, 5.74) is 10.5. The van der Waals surface area contributed by atoms with Crippen molar-refractivity contribution in [3.8, 4) is 5.75 Å². The number of ether oxygens (including phenoxy) is 1. The standard InChI is InChI=1S/C18H17N3O2/c1-11-4-2-5-12(10-11)15-13-6-3-7-14-16(13)21(8-9-23-14)18(22)17(19)20-15/h2-7,10,17H,8-9,19H2,1H3. The van der Waals surface area contributed by atoms with Gasteiger partial charge in [0.15, 0.2) is 6.17 Å². The number of nitrogens with zero attached hydrogens (tertiary/aromatic N) is 2.